The van der Waals surface area contributed by atoms with Gasteiger partial charge in [-0.2, -0.15) is 0 Å². The van der Waals surface area contributed by atoms with Gasteiger partial charge in [0.15, 0.2) is 0 Å². The lowest BCUT2D eigenvalue weighted by atomic mass is 9.90. The van der Waals surface area contributed by atoms with E-state index in [0.29, 0.717) is 18.5 Å². The van der Waals surface area contributed by atoms with E-state index in [1.54, 1.807) is 11.0 Å². The maximum absolute atomic E-state index is 12.5. The van der Waals surface area contributed by atoms with E-state index >= 15 is 0 Å². The molecule has 1 amide bonds. The van der Waals surface area contributed by atoms with Crippen molar-refractivity contribution in [2.75, 3.05) is 13.2 Å². The molecular weight excluding hydrogens is 260 g/mol. The van der Waals surface area contributed by atoms with Crippen LogP contribution in [0.1, 0.15) is 36.0 Å². The molecule has 1 saturated carbocycles. The Morgan fingerprint density at radius 1 is 1.45 bits per heavy atom. The number of non-ortho nitro benzene ring substituents is 1. The van der Waals surface area contributed by atoms with Crippen molar-refractivity contribution in [1.29, 1.82) is 0 Å². The molecule has 0 atom stereocenters. The number of nitro groups is 1. The molecule has 1 aliphatic carbocycles. The number of carbonyl (C=O) groups is 1. The molecule has 1 fully saturated rings. The third-order valence-corrected chi connectivity index (χ3v) is 3.64. The molecule has 1 aliphatic rings. The van der Waals surface area contributed by atoms with Crippen molar-refractivity contribution in [2.24, 2.45) is 0 Å². The van der Waals surface area contributed by atoms with Gasteiger partial charge < -0.3 is 10.0 Å². The Morgan fingerprint density at radius 3 is 2.75 bits per heavy atom. The number of aliphatic hydroxyl groups is 1. The molecule has 20 heavy (non-hydrogen) atoms. The normalized spacial score (nSPS) is 14.7. The topological polar surface area (TPSA) is 83.7 Å². The van der Waals surface area contributed by atoms with Crippen molar-refractivity contribution in [3.05, 3.63) is 39.9 Å². The number of nitrogens with zero attached hydrogens (tertiary/aromatic N) is 2. The largest absolute Gasteiger partial charge is 0.396 e. The third-order valence-electron chi connectivity index (χ3n) is 3.64. The number of benzene rings is 1. The van der Waals surface area contributed by atoms with E-state index in [4.69, 9.17) is 5.11 Å². The van der Waals surface area contributed by atoms with Crippen molar-refractivity contribution in [3.8, 4) is 0 Å². The second kappa shape index (κ2) is 6.47. The van der Waals surface area contributed by atoms with Crippen LogP contribution in [0.4, 0.5) is 5.69 Å². The van der Waals surface area contributed by atoms with Gasteiger partial charge in [0.2, 0.25) is 0 Å². The van der Waals surface area contributed by atoms with E-state index in [1.807, 2.05) is 0 Å². The van der Waals surface area contributed by atoms with E-state index in [1.165, 1.54) is 18.2 Å². The summed E-state index contributed by atoms with van der Waals surface area (Å²) in [5.74, 6) is -0.188. The highest BCUT2D eigenvalue weighted by molar-refractivity contribution is 5.95. The van der Waals surface area contributed by atoms with Crippen LogP contribution in [0.15, 0.2) is 24.3 Å². The molecule has 0 unspecified atom stereocenters. The minimum absolute atomic E-state index is 0.0332. The lowest BCUT2D eigenvalue weighted by Crippen LogP contribution is -2.45. The van der Waals surface area contributed by atoms with Crippen LogP contribution < -0.4 is 0 Å². The van der Waals surface area contributed by atoms with Crippen molar-refractivity contribution in [1.82, 2.24) is 4.90 Å². The summed E-state index contributed by atoms with van der Waals surface area (Å²) in [5.41, 5.74) is 0.260. The highest BCUT2D eigenvalue weighted by Gasteiger charge is 2.29. The van der Waals surface area contributed by atoms with Crippen LogP contribution in [-0.4, -0.2) is 40.0 Å². The molecule has 6 heteroatoms. The summed E-state index contributed by atoms with van der Waals surface area (Å²) in [7, 11) is 0. The summed E-state index contributed by atoms with van der Waals surface area (Å²) in [6.45, 7) is 0.522. The molecule has 0 radical (unpaired) electrons. The zero-order valence-corrected chi connectivity index (χ0v) is 11.2. The van der Waals surface area contributed by atoms with Crippen LogP contribution in [0.5, 0.6) is 0 Å². The highest BCUT2D eigenvalue weighted by atomic mass is 16.6. The summed E-state index contributed by atoms with van der Waals surface area (Å²) in [5, 5.41) is 19.7. The molecule has 0 spiro atoms. The van der Waals surface area contributed by atoms with Crippen molar-refractivity contribution >= 4 is 11.6 Å². The summed E-state index contributed by atoms with van der Waals surface area (Å²) in [6.07, 6.45) is 3.55. The predicted octanol–water partition coefficient (Wildman–Crippen LogP) is 1.97. The van der Waals surface area contributed by atoms with Crippen LogP contribution in [-0.2, 0) is 0 Å². The Kier molecular flexibility index (Phi) is 4.68. The van der Waals surface area contributed by atoms with Gasteiger partial charge in [-0.1, -0.05) is 6.07 Å². The van der Waals surface area contributed by atoms with Gasteiger partial charge in [-0.3, -0.25) is 14.9 Å². The van der Waals surface area contributed by atoms with Gasteiger partial charge in [-0.05, 0) is 31.7 Å². The summed E-state index contributed by atoms with van der Waals surface area (Å²) < 4.78 is 0. The van der Waals surface area contributed by atoms with Crippen molar-refractivity contribution in [3.63, 3.8) is 0 Å². The number of nitro benzene ring substituents is 1. The standard InChI is InChI=1S/C14H18N2O4/c17-9-3-8-15(12-5-2-6-12)14(18)11-4-1-7-13(10-11)16(19)20/h1,4,7,10,12,17H,2-3,5-6,8-9H2. The molecule has 0 aromatic heterocycles. The van der Waals surface area contributed by atoms with Gasteiger partial charge in [-0.25, -0.2) is 0 Å². The first-order chi connectivity index (χ1) is 9.63. The zero-order chi connectivity index (χ0) is 14.5. The summed E-state index contributed by atoms with van der Waals surface area (Å²) in [4.78, 5) is 24.5. The molecule has 0 saturated heterocycles. The van der Waals surface area contributed by atoms with Crippen LogP contribution >= 0.6 is 0 Å². The first kappa shape index (κ1) is 14.5. The van der Waals surface area contributed by atoms with Crippen LogP contribution in [0.3, 0.4) is 0 Å². The Balaban J connectivity index is 2.17. The van der Waals surface area contributed by atoms with Gasteiger partial charge in [0.05, 0.1) is 4.92 Å². The smallest absolute Gasteiger partial charge is 0.270 e. The van der Waals surface area contributed by atoms with E-state index < -0.39 is 4.92 Å². The fraction of sp³-hybridized carbons (Fsp3) is 0.500. The minimum Gasteiger partial charge on any atom is -0.396 e. The molecule has 108 valence electrons. The first-order valence-electron chi connectivity index (χ1n) is 6.80. The second-order valence-electron chi connectivity index (χ2n) is 4.97. The van der Waals surface area contributed by atoms with Gasteiger partial charge in [0, 0.05) is 36.9 Å². The summed E-state index contributed by atoms with van der Waals surface area (Å²) >= 11 is 0. The number of rotatable bonds is 6. The van der Waals surface area contributed by atoms with Gasteiger partial charge >= 0.3 is 0 Å². The number of amides is 1. The molecule has 0 heterocycles. The quantitative estimate of drug-likeness (QED) is 0.637. The number of hydrogen-bond donors (Lipinski definition) is 1. The average Bonchev–Trinajstić information content (AvgIpc) is 2.40. The van der Waals surface area contributed by atoms with Gasteiger partial charge in [0.1, 0.15) is 0 Å². The van der Waals surface area contributed by atoms with E-state index in [9.17, 15) is 14.9 Å². The molecule has 1 N–H and O–H groups in total. The first-order valence-corrected chi connectivity index (χ1v) is 6.80. The van der Waals surface area contributed by atoms with E-state index in [2.05, 4.69) is 0 Å². The lowest BCUT2D eigenvalue weighted by molar-refractivity contribution is -0.384. The Bertz CT molecular complexity index is 500. The van der Waals surface area contributed by atoms with Crippen LogP contribution in [0, 0.1) is 10.1 Å². The van der Waals surface area contributed by atoms with E-state index in [-0.39, 0.29) is 24.2 Å². The SMILES string of the molecule is O=C(c1cccc([N+](=O)[O-])c1)N(CCCO)C1CCC1. The zero-order valence-electron chi connectivity index (χ0n) is 11.2. The molecule has 1 aromatic carbocycles. The Hall–Kier alpha value is -1.95. The third kappa shape index (κ3) is 3.14. The Labute approximate surface area is 117 Å². The van der Waals surface area contributed by atoms with Gasteiger partial charge in [-0.15, -0.1) is 0 Å². The molecule has 2 rings (SSSR count). The number of aliphatic hydroxyl groups excluding tert-OH is 1. The van der Waals surface area contributed by atoms with Crippen molar-refractivity contribution < 1.29 is 14.8 Å². The molecule has 0 aliphatic heterocycles. The monoisotopic (exact) mass is 278 g/mol. The highest BCUT2D eigenvalue weighted by Crippen LogP contribution is 2.27. The number of carbonyl (C=O) groups excluding carboxylic acids is 1. The maximum Gasteiger partial charge on any atom is 0.270 e. The maximum atomic E-state index is 12.5. The average molecular weight is 278 g/mol. The lowest BCUT2D eigenvalue weighted by Gasteiger charge is -2.37. The Morgan fingerprint density at radius 2 is 2.20 bits per heavy atom. The van der Waals surface area contributed by atoms with Crippen LogP contribution in [0.2, 0.25) is 0 Å². The van der Waals surface area contributed by atoms with Gasteiger partial charge in [0.25, 0.3) is 11.6 Å². The summed E-state index contributed by atoms with van der Waals surface area (Å²) in [6, 6.07) is 6.01. The fourth-order valence-corrected chi connectivity index (χ4v) is 2.31. The van der Waals surface area contributed by atoms with Crippen LogP contribution in [0.25, 0.3) is 0 Å². The van der Waals surface area contributed by atoms with Crippen molar-refractivity contribution in [2.45, 2.75) is 31.7 Å². The second-order valence-corrected chi connectivity index (χ2v) is 4.97. The molecule has 6 nitrogen and oxygen atoms in total. The minimum atomic E-state index is -0.502. The molecular formula is C14H18N2O4. The number of hydrogen-bond acceptors (Lipinski definition) is 4. The molecule has 0 bridgehead atoms. The van der Waals surface area contributed by atoms with E-state index in [0.717, 1.165) is 19.3 Å². The predicted molar refractivity (Wildman–Crippen MR) is 73.5 cm³/mol. The molecule has 1 aromatic rings. The fourth-order valence-electron chi connectivity index (χ4n) is 2.31.